The molecule has 12 heteroatoms. The van der Waals surface area contributed by atoms with Crippen LogP contribution in [0.1, 0.15) is 0 Å². The molecule has 0 atom stereocenters. The molecule has 2 aromatic rings. The van der Waals surface area contributed by atoms with E-state index in [0.717, 1.165) is 9.13 Å². The van der Waals surface area contributed by atoms with Crippen molar-refractivity contribution in [1.29, 1.82) is 0 Å². The Kier molecular flexibility index (Phi) is 3.23. The highest BCUT2D eigenvalue weighted by Gasteiger charge is 2.60. The summed E-state index contributed by atoms with van der Waals surface area (Å²) in [5, 5.41) is 37.1. The number of rotatable bonds is 2. The molecular formula is C11H14N4O8. The first-order valence-corrected chi connectivity index (χ1v) is 6.41. The van der Waals surface area contributed by atoms with Gasteiger partial charge in [-0.05, 0) is 0 Å². The zero-order valence-corrected chi connectivity index (χ0v) is 12.1. The van der Waals surface area contributed by atoms with E-state index in [1.54, 1.807) is 0 Å². The molecule has 0 aliphatic carbocycles. The zero-order valence-electron chi connectivity index (χ0n) is 12.1. The van der Waals surface area contributed by atoms with E-state index in [1.165, 1.54) is 25.0 Å². The van der Waals surface area contributed by atoms with E-state index in [4.69, 9.17) is 0 Å². The molecule has 3 rings (SSSR count). The normalized spacial score (nSPS) is 20.4. The average molecular weight is 330 g/mol. The van der Waals surface area contributed by atoms with Crippen LogP contribution in [0.5, 0.6) is 0 Å². The van der Waals surface area contributed by atoms with Gasteiger partial charge >= 0.3 is 17.6 Å². The van der Waals surface area contributed by atoms with Gasteiger partial charge in [-0.15, -0.1) is 0 Å². The van der Waals surface area contributed by atoms with Gasteiger partial charge in [0.1, 0.15) is 0 Å². The van der Waals surface area contributed by atoms with Crippen molar-refractivity contribution in [3.8, 4) is 0 Å². The molecule has 0 aromatic carbocycles. The number of hydrogen-bond donors (Lipinski definition) is 4. The lowest BCUT2D eigenvalue weighted by atomic mass is 10.5. The lowest BCUT2D eigenvalue weighted by molar-refractivity contribution is -0.464. The van der Waals surface area contributed by atoms with Gasteiger partial charge in [0.15, 0.2) is 17.5 Å². The summed E-state index contributed by atoms with van der Waals surface area (Å²) in [6.07, 6.45) is -0.275. The van der Waals surface area contributed by atoms with Crippen molar-refractivity contribution in [3.63, 3.8) is 0 Å². The SMILES string of the molecule is Cn1c(=O)c2c(ncn2CC2OC(O)(O)C(O)(O)O2)n(C)c1=O. The summed E-state index contributed by atoms with van der Waals surface area (Å²) >= 11 is 0. The average Bonchev–Trinajstić information content (AvgIpc) is 2.93. The molecule has 0 saturated carbocycles. The number of ether oxygens (including phenoxy) is 2. The highest BCUT2D eigenvalue weighted by molar-refractivity contribution is 5.69. The Bertz CT molecular complexity index is 876. The van der Waals surface area contributed by atoms with Crippen LogP contribution in [0.2, 0.25) is 0 Å². The van der Waals surface area contributed by atoms with Crippen LogP contribution in [0.4, 0.5) is 0 Å². The number of aromatic nitrogens is 4. The molecule has 1 fully saturated rings. The summed E-state index contributed by atoms with van der Waals surface area (Å²) in [4.78, 5) is 28.0. The Labute approximate surface area is 127 Å². The molecule has 126 valence electrons. The standard InChI is InChI=1S/C11H14N4O8/c1-13-7-6(8(16)14(2)9(13)17)15(4-12-7)3-5-22-10(18,19)11(20,21)23-5/h4-5,18-21H,3H2,1-2H3. The van der Waals surface area contributed by atoms with Crippen LogP contribution in [0, 0.1) is 0 Å². The van der Waals surface area contributed by atoms with Crippen LogP contribution >= 0.6 is 0 Å². The van der Waals surface area contributed by atoms with Gasteiger partial charge in [0, 0.05) is 14.1 Å². The van der Waals surface area contributed by atoms with E-state index >= 15 is 0 Å². The molecule has 0 bridgehead atoms. The summed E-state index contributed by atoms with van der Waals surface area (Å²) in [5.74, 6) is -6.66. The molecule has 0 unspecified atom stereocenters. The third-order valence-corrected chi connectivity index (χ3v) is 3.58. The predicted octanol–water partition coefficient (Wildman–Crippen LogP) is -3.92. The molecule has 0 spiro atoms. The number of imidazole rings is 1. The number of aryl methyl sites for hydroxylation is 1. The Morgan fingerprint density at radius 2 is 1.70 bits per heavy atom. The maximum Gasteiger partial charge on any atom is 0.367 e. The van der Waals surface area contributed by atoms with Crippen LogP contribution in [-0.4, -0.2) is 57.3 Å². The molecule has 0 radical (unpaired) electrons. The third kappa shape index (κ3) is 2.20. The number of hydrogen-bond acceptors (Lipinski definition) is 9. The minimum Gasteiger partial charge on any atom is -0.337 e. The lowest BCUT2D eigenvalue weighted by Gasteiger charge is -2.21. The molecule has 1 saturated heterocycles. The van der Waals surface area contributed by atoms with Crippen molar-refractivity contribution in [3.05, 3.63) is 27.2 Å². The smallest absolute Gasteiger partial charge is 0.337 e. The first-order chi connectivity index (χ1) is 10.5. The largest absolute Gasteiger partial charge is 0.367 e. The lowest BCUT2D eigenvalue weighted by Crippen LogP contribution is -2.51. The summed E-state index contributed by atoms with van der Waals surface area (Å²) in [6, 6.07) is 0. The molecule has 2 aromatic heterocycles. The Morgan fingerprint density at radius 1 is 1.13 bits per heavy atom. The van der Waals surface area contributed by atoms with Gasteiger partial charge in [-0.2, -0.15) is 0 Å². The summed E-state index contributed by atoms with van der Waals surface area (Å²) in [7, 11) is 2.73. The van der Waals surface area contributed by atoms with Crippen LogP contribution in [0.3, 0.4) is 0 Å². The molecule has 0 amide bonds. The van der Waals surface area contributed by atoms with Crippen molar-refractivity contribution in [2.45, 2.75) is 24.8 Å². The van der Waals surface area contributed by atoms with Crippen molar-refractivity contribution >= 4 is 11.2 Å². The molecule has 1 aliphatic rings. The Hall–Kier alpha value is -2.09. The number of aliphatic hydroxyl groups is 4. The molecule has 12 nitrogen and oxygen atoms in total. The van der Waals surface area contributed by atoms with E-state index in [2.05, 4.69) is 14.5 Å². The fraction of sp³-hybridized carbons (Fsp3) is 0.545. The summed E-state index contributed by atoms with van der Waals surface area (Å²) < 4.78 is 12.4. The zero-order chi connectivity index (χ0) is 17.2. The van der Waals surface area contributed by atoms with E-state index in [0.29, 0.717) is 0 Å². The van der Waals surface area contributed by atoms with Crippen molar-refractivity contribution in [2.24, 2.45) is 14.1 Å². The second kappa shape index (κ2) is 4.70. The van der Waals surface area contributed by atoms with Gasteiger partial charge in [0.25, 0.3) is 5.56 Å². The topological polar surface area (TPSA) is 161 Å². The number of fused-ring (bicyclic) bond motifs is 1. The van der Waals surface area contributed by atoms with Gasteiger partial charge in [-0.3, -0.25) is 23.4 Å². The van der Waals surface area contributed by atoms with E-state index in [9.17, 15) is 30.0 Å². The van der Waals surface area contributed by atoms with Gasteiger partial charge in [-0.1, -0.05) is 0 Å². The second-order valence-electron chi connectivity index (χ2n) is 5.16. The first kappa shape index (κ1) is 15.8. The van der Waals surface area contributed by atoms with Crippen LogP contribution < -0.4 is 11.2 Å². The molecule has 4 N–H and O–H groups in total. The Morgan fingerprint density at radius 3 is 2.26 bits per heavy atom. The number of nitrogens with zero attached hydrogens (tertiary/aromatic N) is 4. The van der Waals surface area contributed by atoms with Crippen molar-refractivity contribution in [2.75, 3.05) is 0 Å². The van der Waals surface area contributed by atoms with Gasteiger partial charge in [0.2, 0.25) is 0 Å². The van der Waals surface area contributed by atoms with E-state index in [-0.39, 0.29) is 17.7 Å². The molecular weight excluding hydrogens is 316 g/mol. The van der Waals surface area contributed by atoms with Crippen molar-refractivity contribution in [1.82, 2.24) is 18.7 Å². The maximum atomic E-state index is 12.2. The quantitative estimate of drug-likeness (QED) is 0.403. The second-order valence-corrected chi connectivity index (χ2v) is 5.16. The highest BCUT2D eigenvalue weighted by atomic mass is 17.0. The first-order valence-electron chi connectivity index (χ1n) is 6.41. The summed E-state index contributed by atoms with van der Waals surface area (Å²) in [5.41, 5.74) is -1.04. The van der Waals surface area contributed by atoms with Gasteiger partial charge in [-0.25, -0.2) is 9.78 Å². The van der Waals surface area contributed by atoms with Crippen LogP contribution in [-0.2, 0) is 30.1 Å². The minimum atomic E-state index is -3.33. The van der Waals surface area contributed by atoms with Crippen LogP contribution in [0.15, 0.2) is 15.9 Å². The summed E-state index contributed by atoms with van der Waals surface area (Å²) in [6.45, 7) is -0.310. The Balaban J connectivity index is 2.04. The molecule has 3 heterocycles. The third-order valence-electron chi connectivity index (χ3n) is 3.58. The van der Waals surface area contributed by atoms with E-state index < -0.39 is 29.5 Å². The van der Waals surface area contributed by atoms with Gasteiger partial charge in [0.05, 0.1) is 12.9 Å². The van der Waals surface area contributed by atoms with E-state index in [1.807, 2.05) is 0 Å². The minimum absolute atomic E-state index is 0.0386. The fourth-order valence-corrected chi connectivity index (χ4v) is 2.31. The maximum absolute atomic E-state index is 12.2. The predicted molar refractivity (Wildman–Crippen MR) is 70.5 cm³/mol. The van der Waals surface area contributed by atoms with Crippen LogP contribution in [0.25, 0.3) is 11.2 Å². The molecule has 1 aliphatic heterocycles. The molecule has 23 heavy (non-hydrogen) atoms. The van der Waals surface area contributed by atoms with Gasteiger partial charge < -0.3 is 25.0 Å². The van der Waals surface area contributed by atoms with Crippen molar-refractivity contribution < 1.29 is 29.9 Å². The highest BCUT2D eigenvalue weighted by Crippen LogP contribution is 2.32. The monoisotopic (exact) mass is 330 g/mol. The fourth-order valence-electron chi connectivity index (χ4n) is 2.31.